The van der Waals surface area contributed by atoms with E-state index in [0.29, 0.717) is 17.0 Å². The van der Waals surface area contributed by atoms with E-state index in [2.05, 4.69) is 5.32 Å². The molecule has 0 spiro atoms. The van der Waals surface area contributed by atoms with Crippen molar-refractivity contribution in [3.05, 3.63) is 65.2 Å². The second kappa shape index (κ2) is 5.85. The molecule has 3 rings (SSSR count). The number of nitrogens with one attached hydrogen (secondary N) is 1. The van der Waals surface area contributed by atoms with Gasteiger partial charge in [0.25, 0.3) is 5.91 Å². The highest BCUT2D eigenvalue weighted by Gasteiger charge is 2.17. The van der Waals surface area contributed by atoms with Crippen molar-refractivity contribution in [2.24, 2.45) is 0 Å². The molecule has 0 aliphatic carbocycles. The maximum atomic E-state index is 12.3. The van der Waals surface area contributed by atoms with E-state index in [9.17, 15) is 9.59 Å². The van der Waals surface area contributed by atoms with E-state index in [1.54, 1.807) is 24.3 Å². The number of aryl methyl sites for hydroxylation is 1. The molecule has 0 bridgehead atoms. The van der Waals surface area contributed by atoms with Gasteiger partial charge in [0.2, 0.25) is 0 Å². The van der Waals surface area contributed by atoms with Crippen LogP contribution in [0.5, 0.6) is 5.75 Å². The second-order valence-electron chi connectivity index (χ2n) is 5.10. The molecular formula is C18H15NO3. The number of allylic oxidation sites excluding steroid dienone is 1. The Hall–Kier alpha value is -2.88. The number of carbonyl (C=O) groups is 2. The van der Waals surface area contributed by atoms with Crippen LogP contribution in [-0.4, -0.2) is 18.3 Å². The van der Waals surface area contributed by atoms with E-state index in [-0.39, 0.29) is 18.3 Å². The van der Waals surface area contributed by atoms with E-state index < -0.39 is 0 Å². The minimum Gasteiger partial charge on any atom is -0.482 e. The summed E-state index contributed by atoms with van der Waals surface area (Å²) in [7, 11) is 0. The maximum Gasteiger partial charge on any atom is 0.262 e. The number of benzene rings is 2. The van der Waals surface area contributed by atoms with Crippen LogP contribution in [0.25, 0.3) is 6.08 Å². The summed E-state index contributed by atoms with van der Waals surface area (Å²) >= 11 is 0. The Bertz CT molecular complexity index is 778. The molecule has 2 aromatic carbocycles. The molecule has 0 aromatic heterocycles. The van der Waals surface area contributed by atoms with E-state index >= 15 is 0 Å². The Labute approximate surface area is 128 Å². The molecule has 0 fully saturated rings. The lowest BCUT2D eigenvalue weighted by atomic mass is 10.1. The monoisotopic (exact) mass is 293 g/mol. The standard InChI is InChI=1S/C18H15NO3/c1-12-4-2-3-5-13(12)6-8-16(20)14-7-9-17-15(10-14)19-18(21)11-22-17/h2-10H,11H2,1H3,(H,19,21)/b8-6+. The number of rotatable bonds is 3. The third kappa shape index (κ3) is 2.91. The van der Waals surface area contributed by atoms with Crippen molar-refractivity contribution >= 4 is 23.5 Å². The molecule has 2 aromatic rings. The van der Waals surface area contributed by atoms with Gasteiger partial charge >= 0.3 is 0 Å². The molecule has 1 amide bonds. The molecule has 4 heteroatoms. The van der Waals surface area contributed by atoms with Gasteiger partial charge in [-0.05, 0) is 42.3 Å². The normalized spacial score (nSPS) is 13.4. The minimum absolute atomic E-state index is 0.00742. The number of ether oxygens (including phenoxy) is 1. The smallest absolute Gasteiger partial charge is 0.262 e. The predicted octanol–water partition coefficient (Wildman–Crippen LogP) is 3.22. The lowest BCUT2D eigenvalue weighted by Gasteiger charge is -2.17. The quantitative estimate of drug-likeness (QED) is 0.698. The largest absolute Gasteiger partial charge is 0.482 e. The summed E-state index contributed by atoms with van der Waals surface area (Å²) in [4.78, 5) is 23.6. The summed E-state index contributed by atoms with van der Waals surface area (Å²) < 4.78 is 5.27. The molecule has 0 saturated carbocycles. The Morgan fingerprint density at radius 2 is 2.05 bits per heavy atom. The molecule has 110 valence electrons. The van der Waals surface area contributed by atoms with Crippen LogP contribution in [0.1, 0.15) is 21.5 Å². The number of ketones is 1. The SMILES string of the molecule is Cc1ccccc1/C=C/C(=O)c1ccc2c(c1)NC(=O)CO2. The lowest BCUT2D eigenvalue weighted by Crippen LogP contribution is -2.25. The molecule has 0 unspecified atom stereocenters. The van der Waals surface area contributed by atoms with Crippen molar-refractivity contribution in [1.82, 2.24) is 0 Å². The molecule has 22 heavy (non-hydrogen) atoms. The number of amides is 1. The zero-order valence-corrected chi connectivity index (χ0v) is 12.1. The Kier molecular flexibility index (Phi) is 3.74. The molecule has 4 nitrogen and oxygen atoms in total. The molecular weight excluding hydrogens is 278 g/mol. The maximum absolute atomic E-state index is 12.3. The summed E-state index contributed by atoms with van der Waals surface area (Å²) in [5.41, 5.74) is 3.16. The highest BCUT2D eigenvalue weighted by molar-refractivity contribution is 6.08. The van der Waals surface area contributed by atoms with Gasteiger partial charge in [0.05, 0.1) is 5.69 Å². The second-order valence-corrected chi connectivity index (χ2v) is 5.10. The highest BCUT2D eigenvalue weighted by Crippen LogP contribution is 2.28. The summed E-state index contributed by atoms with van der Waals surface area (Å²) in [5.74, 6) is 0.248. The molecule has 1 aliphatic rings. The van der Waals surface area contributed by atoms with Crippen LogP contribution >= 0.6 is 0 Å². The zero-order chi connectivity index (χ0) is 15.5. The van der Waals surface area contributed by atoms with Crippen molar-refractivity contribution < 1.29 is 14.3 Å². The van der Waals surface area contributed by atoms with Gasteiger partial charge in [-0.25, -0.2) is 0 Å². The van der Waals surface area contributed by atoms with E-state index in [1.165, 1.54) is 6.08 Å². The summed E-state index contributed by atoms with van der Waals surface area (Å²) in [6, 6.07) is 12.9. The van der Waals surface area contributed by atoms with Gasteiger partial charge in [-0.1, -0.05) is 30.3 Å². The van der Waals surface area contributed by atoms with Gasteiger partial charge < -0.3 is 10.1 Å². The first-order chi connectivity index (χ1) is 10.6. The Morgan fingerprint density at radius 3 is 2.86 bits per heavy atom. The lowest BCUT2D eigenvalue weighted by molar-refractivity contribution is -0.118. The fraction of sp³-hybridized carbons (Fsp3) is 0.111. The third-order valence-electron chi connectivity index (χ3n) is 3.50. The van der Waals surface area contributed by atoms with Crippen LogP contribution < -0.4 is 10.1 Å². The van der Waals surface area contributed by atoms with Gasteiger partial charge in [-0.2, -0.15) is 0 Å². The minimum atomic E-state index is -0.215. The third-order valence-corrected chi connectivity index (χ3v) is 3.50. The number of fused-ring (bicyclic) bond motifs is 1. The summed E-state index contributed by atoms with van der Waals surface area (Å²) in [5, 5.41) is 2.70. The van der Waals surface area contributed by atoms with Crippen molar-refractivity contribution in [3.63, 3.8) is 0 Å². The van der Waals surface area contributed by atoms with Crippen LogP contribution in [0.3, 0.4) is 0 Å². The van der Waals surface area contributed by atoms with Crippen molar-refractivity contribution in [2.75, 3.05) is 11.9 Å². The number of anilines is 1. The first kappa shape index (κ1) is 14.1. The first-order valence-corrected chi connectivity index (χ1v) is 6.98. The number of carbonyl (C=O) groups excluding carboxylic acids is 2. The van der Waals surface area contributed by atoms with Crippen molar-refractivity contribution in [3.8, 4) is 5.75 Å². The Morgan fingerprint density at radius 1 is 1.23 bits per heavy atom. The fourth-order valence-electron chi connectivity index (χ4n) is 2.27. The summed E-state index contributed by atoms with van der Waals surface area (Å²) in [6.07, 6.45) is 3.34. The van der Waals surface area contributed by atoms with Gasteiger partial charge in [0.1, 0.15) is 5.75 Å². The van der Waals surface area contributed by atoms with Gasteiger partial charge in [-0.3, -0.25) is 9.59 Å². The van der Waals surface area contributed by atoms with Crippen LogP contribution in [-0.2, 0) is 4.79 Å². The predicted molar refractivity (Wildman–Crippen MR) is 85.1 cm³/mol. The zero-order valence-electron chi connectivity index (χ0n) is 12.1. The van der Waals surface area contributed by atoms with Gasteiger partial charge in [0, 0.05) is 5.56 Å². The van der Waals surface area contributed by atoms with Crippen LogP contribution in [0, 0.1) is 6.92 Å². The summed E-state index contributed by atoms with van der Waals surface area (Å²) in [6.45, 7) is 2.00. The van der Waals surface area contributed by atoms with E-state index in [1.807, 2.05) is 31.2 Å². The molecule has 1 heterocycles. The number of hydrogen-bond donors (Lipinski definition) is 1. The van der Waals surface area contributed by atoms with Crippen LogP contribution in [0.4, 0.5) is 5.69 Å². The van der Waals surface area contributed by atoms with Crippen LogP contribution in [0.15, 0.2) is 48.5 Å². The molecule has 0 radical (unpaired) electrons. The molecule has 0 atom stereocenters. The van der Waals surface area contributed by atoms with Crippen molar-refractivity contribution in [1.29, 1.82) is 0 Å². The topological polar surface area (TPSA) is 55.4 Å². The van der Waals surface area contributed by atoms with Crippen molar-refractivity contribution in [2.45, 2.75) is 6.92 Å². The van der Waals surface area contributed by atoms with Gasteiger partial charge in [0.15, 0.2) is 12.4 Å². The molecule has 1 N–H and O–H groups in total. The average molecular weight is 293 g/mol. The van der Waals surface area contributed by atoms with E-state index in [4.69, 9.17) is 4.74 Å². The fourth-order valence-corrected chi connectivity index (χ4v) is 2.27. The number of hydrogen-bond acceptors (Lipinski definition) is 3. The highest BCUT2D eigenvalue weighted by atomic mass is 16.5. The first-order valence-electron chi connectivity index (χ1n) is 6.98. The van der Waals surface area contributed by atoms with Crippen LogP contribution in [0.2, 0.25) is 0 Å². The van der Waals surface area contributed by atoms with Gasteiger partial charge in [-0.15, -0.1) is 0 Å². The average Bonchev–Trinajstić information content (AvgIpc) is 2.53. The van der Waals surface area contributed by atoms with E-state index in [0.717, 1.165) is 11.1 Å². The molecule has 1 aliphatic heterocycles. The Balaban J connectivity index is 1.82. The molecule has 0 saturated heterocycles.